The minimum absolute atomic E-state index is 0.116. The first kappa shape index (κ1) is 9.27. The number of hydrogen-bond acceptors (Lipinski definition) is 2. The standard InChI is InChI=1S/C9H9ClN2O2/c1-4-5(2)11-9(14)7(10)6(3)12(11)8(4)13/h1-3H3. The highest BCUT2D eigenvalue weighted by Crippen LogP contribution is 2.11. The molecule has 0 unspecified atom stereocenters. The summed E-state index contributed by atoms with van der Waals surface area (Å²) in [7, 11) is 0. The second-order valence-electron chi connectivity index (χ2n) is 3.34. The molecule has 0 fully saturated rings. The average molecular weight is 213 g/mol. The lowest BCUT2D eigenvalue weighted by molar-refractivity contribution is 0.768. The summed E-state index contributed by atoms with van der Waals surface area (Å²) in [6.07, 6.45) is 0. The van der Waals surface area contributed by atoms with Crippen molar-refractivity contribution in [2.75, 3.05) is 0 Å². The third kappa shape index (κ3) is 0.838. The molecule has 14 heavy (non-hydrogen) atoms. The van der Waals surface area contributed by atoms with Gasteiger partial charge in [-0.1, -0.05) is 11.6 Å². The lowest BCUT2D eigenvalue weighted by atomic mass is 10.3. The fourth-order valence-electron chi connectivity index (χ4n) is 1.60. The van der Waals surface area contributed by atoms with Crippen molar-refractivity contribution in [3.05, 3.63) is 42.7 Å². The predicted octanol–water partition coefficient (Wildman–Crippen LogP) is 0.776. The van der Waals surface area contributed by atoms with E-state index in [1.165, 1.54) is 9.03 Å². The van der Waals surface area contributed by atoms with Crippen LogP contribution in [0.15, 0.2) is 9.59 Å². The van der Waals surface area contributed by atoms with E-state index < -0.39 is 0 Å². The fraction of sp³-hybridized carbons (Fsp3) is 0.333. The molecule has 2 aromatic heterocycles. The van der Waals surface area contributed by atoms with E-state index >= 15 is 0 Å². The van der Waals surface area contributed by atoms with Gasteiger partial charge < -0.3 is 0 Å². The third-order valence-corrected chi connectivity index (χ3v) is 3.02. The molecule has 74 valence electrons. The molecular weight excluding hydrogens is 204 g/mol. The van der Waals surface area contributed by atoms with Crippen molar-refractivity contribution in [3.63, 3.8) is 0 Å². The number of aromatic nitrogens is 2. The molecule has 4 nitrogen and oxygen atoms in total. The SMILES string of the molecule is Cc1c(C)n2c(=O)c(Cl)c(C)n2c1=O. The Bertz CT molecular complexity index is 568. The van der Waals surface area contributed by atoms with Gasteiger partial charge in [0.1, 0.15) is 5.02 Å². The van der Waals surface area contributed by atoms with Crippen LogP contribution in [0.3, 0.4) is 0 Å². The second kappa shape index (κ2) is 2.60. The van der Waals surface area contributed by atoms with Crippen LogP contribution in [0.1, 0.15) is 17.0 Å². The van der Waals surface area contributed by atoms with Crippen molar-refractivity contribution in [1.82, 2.24) is 9.03 Å². The summed E-state index contributed by atoms with van der Waals surface area (Å²) in [4.78, 5) is 23.3. The van der Waals surface area contributed by atoms with Crippen molar-refractivity contribution in [1.29, 1.82) is 0 Å². The first-order chi connectivity index (χ1) is 6.46. The smallest absolute Gasteiger partial charge is 0.267 e. The normalized spacial score (nSPS) is 11.4. The van der Waals surface area contributed by atoms with Gasteiger partial charge in [0.05, 0.1) is 11.4 Å². The van der Waals surface area contributed by atoms with Crippen molar-refractivity contribution >= 4 is 11.6 Å². The van der Waals surface area contributed by atoms with Crippen LogP contribution in [0.5, 0.6) is 0 Å². The van der Waals surface area contributed by atoms with Gasteiger partial charge in [0.15, 0.2) is 0 Å². The first-order valence-electron chi connectivity index (χ1n) is 4.19. The molecule has 0 aliphatic carbocycles. The molecule has 5 heteroatoms. The predicted molar refractivity (Wildman–Crippen MR) is 53.8 cm³/mol. The van der Waals surface area contributed by atoms with Crippen LogP contribution in [0.25, 0.3) is 0 Å². The molecule has 0 radical (unpaired) electrons. The van der Waals surface area contributed by atoms with E-state index in [2.05, 4.69) is 0 Å². The number of fused-ring (bicyclic) bond motifs is 1. The number of rotatable bonds is 0. The Morgan fingerprint density at radius 2 is 1.43 bits per heavy atom. The van der Waals surface area contributed by atoms with Gasteiger partial charge in [-0.05, 0) is 20.8 Å². The van der Waals surface area contributed by atoms with Gasteiger partial charge in [-0.3, -0.25) is 9.59 Å². The topological polar surface area (TPSA) is 43.0 Å². The highest BCUT2D eigenvalue weighted by molar-refractivity contribution is 6.31. The Morgan fingerprint density at radius 3 is 1.93 bits per heavy atom. The largest absolute Gasteiger partial charge is 0.290 e. The maximum absolute atomic E-state index is 11.7. The van der Waals surface area contributed by atoms with Crippen molar-refractivity contribution in [2.45, 2.75) is 20.8 Å². The third-order valence-electron chi connectivity index (χ3n) is 2.59. The van der Waals surface area contributed by atoms with Gasteiger partial charge in [-0.15, -0.1) is 0 Å². The van der Waals surface area contributed by atoms with E-state index in [4.69, 9.17) is 11.6 Å². The average Bonchev–Trinajstić information content (AvgIpc) is 2.51. The molecule has 0 atom stereocenters. The molecule has 0 aromatic carbocycles. The van der Waals surface area contributed by atoms with Crippen LogP contribution in [0.4, 0.5) is 0 Å². The summed E-state index contributed by atoms with van der Waals surface area (Å²) in [5, 5.41) is 0.116. The van der Waals surface area contributed by atoms with Gasteiger partial charge in [-0.25, -0.2) is 9.03 Å². The van der Waals surface area contributed by atoms with E-state index in [-0.39, 0.29) is 16.1 Å². The molecule has 0 N–H and O–H groups in total. The van der Waals surface area contributed by atoms with E-state index in [1.807, 2.05) is 0 Å². The van der Waals surface area contributed by atoms with Crippen LogP contribution in [-0.2, 0) is 0 Å². The Balaban J connectivity index is 3.25. The molecule has 2 aromatic rings. The zero-order valence-electron chi connectivity index (χ0n) is 8.09. The molecule has 0 spiro atoms. The molecule has 0 aliphatic rings. The Hall–Kier alpha value is -1.29. The van der Waals surface area contributed by atoms with E-state index in [1.54, 1.807) is 20.8 Å². The van der Waals surface area contributed by atoms with Crippen LogP contribution in [-0.4, -0.2) is 9.03 Å². The summed E-state index contributed by atoms with van der Waals surface area (Å²) in [6.45, 7) is 5.09. The molecule has 2 rings (SSSR count). The quantitative estimate of drug-likeness (QED) is 0.648. The van der Waals surface area contributed by atoms with Crippen LogP contribution < -0.4 is 11.1 Å². The van der Waals surface area contributed by atoms with Crippen LogP contribution >= 0.6 is 11.6 Å². The van der Waals surface area contributed by atoms with Gasteiger partial charge in [0, 0.05) is 5.56 Å². The maximum Gasteiger partial charge on any atom is 0.290 e. The lowest BCUT2D eigenvalue weighted by Gasteiger charge is -1.88. The summed E-state index contributed by atoms with van der Waals surface area (Å²) in [5.74, 6) is 0. The maximum atomic E-state index is 11.7. The van der Waals surface area contributed by atoms with E-state index in [0.717, 1.165) is 0 Å². The number of halogens is 1. The van der Waals surface area contributed by atoms with Crippen LogP contribution in [0.2, 0.25) is 5.02 Å². The molecule has 2 heterocycles. The minimum Gasteiger partial charge on any atom is -0.267 e. The molecular formula is C9H9ClN2O2. The van der Waals surface area contributed by atoms with Crippen molar-refractivity contribution in [2.24, 2.45) is 0 Å². The highest BCUT2D eigenvalue weighted by Gasteiger charge is 2.18. The van der Waals surface area contributed by atoms with E-state index in [9.17, 15) is 9.59 Å². The molecule has 0 aliphatic heterocycles. The van der Waals surface area contributed by atoms with E-state index in [0.29, 0.717) is 17.0 Å². The Kier molecular flexibility index (Phi) is 1.72. The zero-order chi connectivity index (χ0) is 10.6. The lowest BCUT2D eigenvalue weighted by Crippen LogP contribution is -2.15. The first-order valence-corrected chi connectivity index (χ1v) is 4.57. The Morgan fingerprint density at radius 1 is 0.929 bits per heavy atom. The van der Waals surface area contributed by atoms with Gasteiger partial charge >= 0.3 is 0 Å². The monoisotopic (exact) mass is 212 g/mol. The van der Waals surface area contributed by atoms with Gasteiger partial charge in [0.25, 0.3) is 11.1 Å². The number of hydrogen-bond donors (Lipinski definition) is 0. The summed E-state index contributed by atoms with van der Waals surface area (Å²) in [6, 6.07) is 0. The molecule has 0 bridgehead atoms. The molecule has 0 amide bonds. The summed E-state index contributed by atoms with van der Waals surface area (Å²) >= 11 is 5.77. The fourth-order valence-corrected chi connectivity index (χ4v) is 1.76. The molecule has 0 saturated carbocycles. The number of nitrogens with zero attached hydrogens (tertiary/aromatic N) is 2. The van der Waals surface area contributed by atoms with Gasteiger partial charge in [0.2, 0.25) is 0 Å². The number of aryl methyl sites for hydroxylation is 2. The van der Waals surface area contributed by atoms with Crippen molar-refractivity contribution in [3.8, 4) is 0 Å². The summed E-state index contributed by atoms with van der Waals surface area (Å²) in [5.41, 5.74) is 1.23. The van der Waals surface area contributed by atoms with Gasteiger partial charge in [-0.2, -0.15) is 0 Å². The minimum atomic E-state index is -0.327. The zero-order valence-corrected chi connectivity index (χ0v) is 8.84. The summed E-state index contributed by atoms with van der Waals surface area (Å²) < 4.78 is 2.63. The van der Waals surface area contributed by atoms with Crippen LogP contribution in [0, 0.1) is 20.8 Å². The molecule has 0 saturated heterocycles. The second-order valence-corrected chi connectivity index (χ2v) is 3.72. The highest BCUT2D eigenvalue weighted by atomic mass is 35.5. The van der Waals surface area contributed by atoms with Crippen molar-refractivity contribution < 1.29 is 0 Å². The Labute approximate surface area is 84.7 Å².